The number of nitrogens with zero attached hydrogens (tertiary/aromatic N) is 2. The molecule has 0 radical (unpaired) electrons. The van der Waals surface area contributed by atoms with Gasteiger partial charge in [-0.1, -0.05) is 6.92 Å². The lowest BCUT2D eigenvalue weighted by atomic mass is 10.3. The van der Waals surface area contributed by atoms with Crippen molar-refractivity contribution in [3.63, 3.8) is 0 Å². The van der Waals surface area contributed by atoms with Crippen molar-refractivity contribution in [2.45, 2.75) is 20.4 Å². The summed E-state index contributed by atoms with van der Waals surface area (Å²) in [5.74, 6) is 0. The number of aryl methyl sites for hydroxylation is 1. The van der Waals surface area contributed by atoms with E-state index in [4.69, 9.17) is 0 Å². The number of rotatable bonds is 6. The Morgan fingerprint density at radius 1 is 1.57 bits per heavy atom. The van der Waals surface area contributed by atoms with Crippen LogP contribution >= 0.6 is 11.3 Å². The smallest absolute Gasteiger partial charge is 0.0798 e. The molecule has 14 heavy (non-hydrogen) atoms. The molecular weight excluding hydrogens is 194 g/mol. The van der Waals surface area contributed by atoms with Crippen LogP contribution in [0.3, 0.4) is 0 Å². The number of hydrogen-bond acceptors (Lipinski definition) is 4. The van der Waals surface area contributed by atoms with Crippen molar-refractivity contribution in [2.75, 3.05) is 26.7 Å². The Kier molecular flexibility index (Phi) is 5.07. The van der Waals surface area contributed by atoms with Crippen LogP contribution in [0.25, 0.3) is 0 Å². The van der Waals surface area contributed by atoms with E-state index in [-0.39, 0.29) is 0 Å². The van der Waals surface area contributed by atoms with Crippen molar-refractivity contribution < 1.29 is 0 Å². The number of hydrogen-bond donors (Lipinski definition) is 1. The van der Waals surface area contributed by atoms with Crippen LogP contribution in [0.2, 0.25) is 0 Å². The van der Waals surface area contributed by atoms with E-state index in [9.17, 15) is 0 Å². The number of nitrogens with one attached hydrogen (secondary N) is 1. The fourth-order valence-corrected chi connectivity index (χ4v) is 2.11. The molecule has 1 aromatic heterocycles. The maximum absolute atomic E-state index is 4.24. The summed E-state index contributed by atoms with van der Waals surface area (Å²) in [6.07, 6.45) is 0. The molecule has 0 aromatic carbocycles. The van der Waals surface area contributed by atoms with Gasteiger partial charge in [-0.05, 0) is 20.5 Å². The van der Waals surface area contributed by atoms with Crippen LogP contribution in [0.1, 0.15) is 17.5 Å². The van der Waals surface area contributed by atoms with Crippen LogP contribution in [-0.2, 0) is 6.54 Å². The van der Waals surface area contributed by atoms with Crippen LogP contribution in [0.5, 0.6) is 0 Å². The Hall–Kier alpha value is -0.450. The first kappa shape index (κ1) is 11.6. The zero-order chi connectivity index (χ0) is 10.4. The second-order valence-corrected chi connectivity index (χ2v) is 4.39. The van der Waals surface area contributed by atoms with Gasteiger partial charge in [0.15, 0.2) is 0 Å². The Morgan fingerprint density at radius 3 is 2.93 bits per heavy atom. The van der Waals surface area contributed by atoms with E-state index in [1.165, 1.54) is 10.6 Å². The molecule has 3 nitrogen and oxygen atoms in total. The molecule has 1 N–H and O–H groups in total. The van der Waals surface area contributed by atoms with Crippen molar-refractivity contribution in [3.05, 3.63) is 16.1 Å². The van der Waals surface area contributed by atoms with Crippen LogP contribution in [0, 0.1) is 6.92 Å². The fraction of sp³-hybridized carbons (Fsp3) is 0.700. The molecule has 0 aliphatic carbocycles. The molecule has 80 valence electrons. The first-order chi connectivity index (χ1) is 6.74. The summed E-state index contributed by atoms with van der Waals surface area (Å²) in [6.45, 7) is 8.42. The highest BCUT2D eigenvalue weighted by atomic mass is 32.1. The molecule has 1 rings (SSSR count). The monoisotopic (exact) mass is 213 g/mol. The second kappa shape index (κ2) is 6.11. The Morgan fingerprint density at radius 2 is 2.36 bits per heavy atom. The number of likely N-dealkylation sites (N-methyl/N-ethyl adjacent to an activating group) is 2. The summed E-state index contributed by atoms with van der Waals surface area (Å²) in [4.78, 5) is 7.94. The topological polar surface area (TPSA) is 28.2 Å². The minimum atomic E-state index is 1.02. The minimum absolute atomic E-state index is 1.02. The van der Waals surface area contributed by atoms with Gasteiger partial charge < -0.3 is 5.32 Å². The van der Waals surface area contributed by atoms with E-state index in [0.29, 0.717) is 0 Å². The number of thiazole rings is 1. The highest BCUT2D eigenvalue weighted by Crippen LogP contribution is 2.13. The summed E-state index contributed by atoms with van der Waals surface area (Å²) < 4.78 is 0. The lowest BCUT2D eigenvalue weighted by Crippen LogP contribution is -2.28. The van der Waals surface area contributed by atoms with Gasteiger partial charge in [-0.3, -0.25) is 4.90 Å². The maximum Gasteiger partial charge on any atom is 0.0798 e. The molecule has 1 heterocycles. The summed E-state index contributed by atoms with van der Waals surface area (Å²) in [5.41, 5.74) is 3.09. The Balaban J connectivity index is 2.27. The minimum Gasteiger partial charge on any atom is -0.316 e. The molecule has 1 aromatic rings. The molecule has 0 aliphatic heterocycles. The van der Waals surface area contributed by atoms with E-state index < -0.39 is 0 Å². The van der Waals surface area contributed by atoms with E-state index >= 15 is 0 Å². The Labute approximate surface area is 90.2 Å². The number of aromatic nitrogens is 1. The molecule has 0 spiro atoms. The zero-order valence-corrected chi connectivity index (χ0v) is 10.0. The third kappa shape index (κ3) is 3.74. The Bertz CT molecular complexity index is 260. The molecule has 0 bridgehead atoms. The third-order valence-electron chi connectivity index (χ3n) is 2.18. The highest BCUT2D eigenvalue weighted by Gasteiger charge is 2.04. The average molecular weight is 213 g/mol. The van der Waals surface area contributed by atoms with Crippen LogP contribution in [0.4, 0.5) is 0 Å². The predicted molar refractivity (Wildman–Crippen MR) is 61.7 cm³/mol. The van der Waals surface area contributed by atoms with Crippen molar-refractivity contribution in [3.8, 4) is 0 Å². The van der Waals surface area contributed by atoms with Crippen LogP contribution in [-0.4, -0.2) is 36.6 Å². The van der Waals surface area contributed by atoms with Crippen LogP contribution in [0.15, 0.2) is 5.51 Å². The molecule has 0 unspecified atom stereocenters. The summed E-state index contributed by atoms with van der Waals surface area (Å²) in [7, 11) is 2.15. The molecule has 0 aliphatic rings. The summed E-state index contributed by atoms with van der Waals surface area (Å²) in [6, 6.07) is 0. The highest BCUT2D eigenvalue weighted by molar-refractivity contribution is 7.09. The van der Waals surface area contributed by atoms with E-state index in [1.807, 2.05) is 5.51 Å². The molecule has 0 saturated carbocycles. The summed E-state index contributed by atoms with van der Waals surface area (Å²) in [5, 5.41) is 3.32. The molecular formula is C10H19N3S. The second-order valence-electron chi connectivity index (χ2n) is 3.45. The normalized spacial score (nSPS) is 11.1. The third-order valence-corrected chi connectivity index (χ3v) is 3.10. The maximum atomic E-state index is 4.24. The van der Waals surface area contributed by atoms with E-state index in [1.54, 1.807) is 11.3 Å². The van der Waals surface area contributed by atoms with Crippen LogP contribution < -0.4 is 5.32 Å². The predicted octanol–water partition coefficient (Wildman–Crippen LogP) is 1.49. The average Bonchev–Trinajstić information content (AvgIpc) is 2.52. The largest absolute Gasteiger partial charge is 0.316 e. The molecule has 0 amide bonds. The van der Waals surface area contributed by atoms with Gasteiger partial charge in [0.05, 0.1) is 11.2 Å². The first-order valence-electron chi connectivity index (χ1n) is 5.02. The molecule has 0 saturated heterocycles. The van der Waals surface area contributed by atoms with Crippen molar-refractivity contribution >= 4 is 11.3 Å². The first-order valence-corrected chi connectivity index (χ1v) is 5.90. The van der Waals surface area contributed by atoms with E-state index in [0.717, 1.165) is 26.2 Å². The quantitative estimate of drug-likeness (QED) is 0.726. The zero-order valence-electron chi connectivity index (χ0n) is 9.21. The lowest BCUT2D eigenvalue weighted by molar-refractivity contribution is 0.327. The van der Waals surface area contributed by atoms with E-state index in [2.05, 4.69) is 36.1 Å². The SMILES string of the molecule is CCNCCN(C)Cc1scnc1C. The van der Waals surface area contributed by atoms with Gasteiger partial charge >= 0.3 is 0 Å². The van der Waals surface area contributed by atoms with Gasteiger partial charge in [-0.2, -0.15) is 0 Å². The molecule has 0 fully saturated rings. The van der Waals surface area contributed by atoms with Gasteiger partial charge in [0.1, 0.15) is 0 Å². The fourth-order valence-electron chi connectivity index (χ4n) is 1.25. The van der Waals surface area contributed by atoms with Crippen molar-refractivity contribution in [1.29, 1.82) is 0 Å². The molecule has 0 atom stereocenters. The van der Waals surface area contributed by atoms with Gasteiger partial charge in [-0.25, -0.2) is 4.98 Å². The lowest BCUT2D eigenvalue weighted by Gasteiger charge is -2.15. The standard InChI is InChI=1S/C10H19N3S/c1-4-11-5-6-13(3)7-10-9(2)12-8-14-10/h8,11H,4-7H2,1-3H3. The van der Waals surface area contributed by atoms with Gasteiger partial charge in [0.2, 0.25) is 0 Å². The van der Waals surface area contributed by atoms with Gasteiger partial charge in [0.25, 0.3) is 0 Å². The van der Waals surface area contributed by atoms with Gasteiger partial charge in [0, 0.05) is 24.5 Å². The van der Waals surface area contributed by atoms with Gasteiger partial charge in [-0.15, -0.1) is 11.3 Å². The molecule has 4 heteroatoms. The summed E-state index contributed by atoms with van der Waals surface area (Å²) >= 11 is 1.74. The van der Waals surface area contributed by atoms with Crippen molar-refractivity contribution in [1.82, 2.24) is 15.2 Å². The van der Waals surface area contributed by atoms with Crippen molar-refractivity contribution in [2.24, 2.45) is 0 Å².